The fourth-order valence-electron chi connectivity index (χ4n) is 1.21. The lowest BCUT2D eigenvalue weighted by Crippen LogP contribution is -2.19. The van der Waals surface area contributed by atoms with Gasteiger partial charge in [0.05, 0.1) is 5.56 Å². The van der Waals surface area contributed by atoms with Crippen molar-refractivity contribution in [2.24, 2.45) is 0 Å². The molecule has 0 bridgehead atoms. The Labute approximate surface area is 85.7 Å². The standard InChI is InChI=1S/C10H8N4O/c1-2-14-10(15)9(3-4-13-14)8-5-11-7-12-6-8/h2-7H,1H2. The lowest BCUT2D eigenvalue weighted by atomic mass is 10.2. The Morgan fingerprint density at radius 3 is 2.73 bits per heavy atom. The van der Waals surface area contributed by atoms with Gasteiger partial charge in [0, 0.05) is 30.4 Å². The molecule has 0 spiro atoms. The highest BCUT2D eigenvalue weighted by Crippen LogP contribution is 2.10. The molecule has 0 atom stereocenters. The van der Waals surface area contributed by atoms with E-state index in [-0.39, 0.29) is 5.56 Å². The average Bonchev–Trinajstić information content (AvgIpc) is 2.30. The van der Waals surface area contributed by atoms with Gasteiger partial charge in [-0.1, -0.05) is 6.58 Å². The maximum atomic E-state index is 11.8. The van der Waals surface area contributed by atoms with Crippen LogP contribution in [0.4, 0.5) is 0 Å². The highest BCUT2D eigenvalue weighted by atomic mass is 16.1. The predicted octanol–water partition coefficient (Wildman–Crippen LogP) is 0.801. The molecule has 2 aromatic heterocycles. The topological polar surface area (TPSA) is 60.7 Å². The lowest BCUT2D eigenvalue weighted by Gasteiger charge is -2.00. The van der Waals surface area contributed by atoms with E-state index >= 15 is 0 Å². The lowest BCUT2D eigenvalue weighted by molar-refractivity contribution is 0.856. The third-order valence-corrected chi connectivity index (χ3v) is 1.92. The Kier molecular flexibility index (Phi) is 2.37. The first-order chi connectivity index (χ1) is 7.33. The first-order valence-electron chi connectivity index (χ1n) is 4.28. The summed E-state index contributed by atoms with van der Waals surface area (Å²) in [5.41, 5.74) is 0.938. The van der Waals surface area contributed by atoms with Crippen molar-refractivity contribution in [2.45, 2.75) is 0 Å². The molecule has 0 aliphatic carbocycles. The van der Waals surface area contributed by atoms with Crippen LogP contribution in [0.15, 0.2) is 42.4 Å². The molecule has 0 aliphatic heterocycles. The molecule has 0 amide bonds. The number of nitrogens with zero attached hydrogens (tertiary/aromatic N) is 4. The van der Waals surface area contributed by atoms with E-state index in [9.17, 15) is 4.79 Å². The van der Waals surface area contributed by atoms with Crippen LogP contribution in [0.1, 0.15) is 0 Å². The Morgan fingerprint density at radius 1 is 1.33 bits per heavy atom. The first-order valence-corrected chi connectivity index (χ1v) is 4.28. The zero-order valence-electron chi connectivity index (χ0n) is 7.87. The molecule has 0 aromatic carbocycles. The largest absolute Gasteiger partial charge is 0.278 e. The van der Waals surface area contributed by atoms with Crippen molar-refractivity contribution in [1.29, 1.82) is 0 Å². The summed E-state index contributed by atoms with van der Waals surface area (Å²) in [5, 5.41) is 3.83. The molecule has 0 unspecified atom stereocenters. The van der Waals surface area contributed by atoms with Crippen molar-refractivity contribution < 1.29 is 0 Å². The quantitative estimate of drug-likeness (QED) is 0.719. The van der Waals surface area contributed by atoms with Gasteiger partial charge in [-0.25, -0.2) is 14.6 Å². The van der Waals surface area contributed by atoms with Crippen LogP contribution in [-0.4, -0.2) is 19.7 Å². The molecule has 0 aliphatic rings. The molecule has 2 aromatic rings. The first kappa shape index (κ1) is 9.26. The highest BCUT2D eigenvalue weighted by molar-refractivity contribution is 5.59. The van der Waals surface area contributed by atoms with Crippen LogP contribution in [0, 0.1) is 0 Å². The Hall–Kier alpha value is -2.30. The molecule has 0 fully saturated rings. The second-order valence-electron chi connectivity index (χ2n) is 2.80. The molecule has 0 saturated carbocycles. The summed E-state index contributed by atoms with van der Waals surface area (Å²) in [5.74, 6) is 0. The second kappa shape index (κ2) is 3.83. The molecule has 0 radical (unpaired) electrons. The minimum atomic E-state index is -0.234. The summed E-state index contributed by atoms with van der Waals surface area (Å²) in [6.07, 6.45) is 7.46. The van der Waals surface area contributed by atoms with E-state index in [1.807, 2.05) is 0 Å². The highest BCUT2D eigenvalue weighted by Gasteiger charge is 2.04. The van der Waals surface area contributed by atoms with Crippen LogP contribution in [0.2, 0.25) is 0 Å². The molecule has 2 heterocycles. The zero-order chi connectivity index (χ0) is 10.7. The van der Waals surface area contributed by atoms with Gasteiger partial charge in [-0.2, -0.15) is 5.10 Å². The van der Waals surface area contributed by atoms with Gasteiger partial charge < -0.3 is 0 Å². The van der Waals surface area contributed by atoms with Gasteiger partial charge in [-0.05, 0) is 6.07 Å². The number of rotatable bonds is 2. The molecule has 74 valence electrons. The van der Waals surface area contributed by atoms with Gasteiger partial charge in [-0.3, -0.25) is 4.79 Å². The van der Waals surface area contributed by atoms with Gasteiger partial charge in [0.25, 0.3) is 5.56 Å². The van der Waals surface area contributed by atoms with Crippen molar-refractivity contribution in [3.8, 4) is 11.1 Å². The number of aromatic nitrogens is 4. The minimum Gasteiger partial charge on any atom is -0.267 e. The number of hydrogen-bond acceptors (Lipinski definition) is 4. The van der Waals surface area contributed by atoms with E-state index in [1.165, 1.54) is 23.4 Å². The summed E-state index contributed by atoms with van der Waals surface area (Å²) in [7, 11) is 0. The van der Waals surface area contributed by atoms with Gasteiger partial charge in [0.15, 0.2) is 0 Å². The maximum Gasteiger partial charge on any atom is 0.278 e. The third kappa shape index (κ3) is 1.67. The fraction of sp³-hybridized carbons (Fsp3) is 0. The van der Waals surface area contributed by atoms with E-state index in [0.29, 0.717) is 11.1 Å². The van der Waals surface area contributed by atoms with Crippen LogP contribution in [0.3, 0.4) is 0 Å². The summed E-state index contributed by atoms with van der Waals surface area (Å²) in [6.45, 7) is 3.50. The van der Waals surface area contributed by atoms with E-state index in [1.54, 1.807) is 18.5 Å². The summed E-state index contributed by atoms with van der Waals surface area (Å²) < 4.78 is 1.17. The Balaban J connectivity index is 2.65. The Bertz CT molecular complexity index is 533. The predicted molar refractivity (Wildman–Crippen MR) is 55.9 cm³/mol. The molecule has 5 heteroatoms. The van der Waals surface area contributed by atoms with Gasteiger partial charge in [-0.15, -0.1) is 0 Å². The van der Waals surface area contributed by atoms with E-state index < -0.39 is 0 Å². The molecular formula is C10H8N4O. The smallest absolute Gasteiger partial charge is 0.267 e. The minimum absolute atomic E-state index is 0.234. The molecular weight excluding hydrogens is 192 g/mol. The van der Waals surface area contributed by atoms with Crippen LogP contribution in [0.5, 0.6) is 0 Å². The van der Waals surface area contributed by atoms with E-state index in [2.05, 4.69) is 21.6 Å². The number of hydrogen-bond donors (Lipinski definition) is 0. The SMILES string of the molecule is C=Cn1nccc(-c2cncnc2)c1=O. The van der Waals surface area contributed by atoms with Crippen molar-refractivity contribution in [2.75, 3.05) is 0 Å². The van der Waals surface area contributed by atoms with E-state index in [0.717, 1.165) is 0 Å². The van der Waals surface area contributed by atoms with Crippen molar-refractivity contribution in [3.63, 3.8) is 0 Å². The molecule has 0 saturated heterocycles. The molecule has 2 rings (SSSR count). The summed E-state index contributed by atoms with van der Waals surface area (Å²) >= 11 is 0. The van der Waals surface area contributed by atoms with Crippen LogP contribution < -0.4 is 5.56 Å². The molecule has 15 heavy (non-hydrogen) atoms. The normalized spacial score (nSPS) is 9.87. The average molecular weight is 200 g/mol. The van der Waals surface area contributed by atoms with Crippen molar-refractivity contribution >= 4 is 6.20 Å². The van der Waals surface area contributed by atoms with Crippen molar-refractivity contribution in [1.82, 2.24) is 19.7 Å². The second-order valence-corrected chi connectivity index (χ2v) is 2.80. The van der Waals surface area contributed by atoms with Gasteiger partial charge in [0.1, 0.15) is 6.33 Å². The third-order valence-electron chi connectivity index (χ3n) is 1.92. The van der Waals surface area contributed by atoms with Crippen LogP contribution in [-0.2, 0) is 0 Å². The summed E-state index contributed by atoms with van der Waals surface area (Å²) in [4.78, 5) is 19.5. The molecule has 0 N–H and O–H groups in total. The van der Waals surface area contributed by atoms with Crippen LogP contribution in [0.25, 0.3) is 17.3 Å². The van der Waals surface area contributed by atoms with Gasteiger partial charge in [0.2, 0.25) is 0 Å². The Morgan fingerprint density at radius 2 is 2.07 bits per heavy atom. The molecule has 5 nitrogen and oxygen atoms in total. The van der Waals surface area contributed by atoms with Crippen LogP contribution >= 0.6 is 0 Å². The monoisotopic (exact) mass is 200 g/mol. The maximum absolute atomic E-state index is 11.8. The summed E-state index contributed by atoms with van der Waals surface area (Å²) in [6, 6.07) is 1.63. The zero-order valence-corrected chi connectivity index (χ0v) is 7.87. The fourth-order valence-corrected chi connectivity index (χ4v) is 1.21. The van der Waals surface area contributed by atoms with E-state index in [4.69, 9.17) is 0 Å². The van der Waals surface area contributed by atoms with Gasteiger partial charge >= 0.3 is 0 Å². The van der Waals surface area contributed by atoms with Crippen molar-refractivity contribution in [3.05, 3.63) is 47.9 Å².